The molecule has 4 rings (SSSR count). The quantitative estimate of drug-likeness (QED) is 0.659. The second-order valence-corrected chi connectivity index (χ2v) is 6.17. The molecule has 3 heterocycles. The molecular formula is C19H15FN4O2. The van der Waals surface area contributed by atoms with Gasteiger partial charge in [0.25, 0.3) is 5.91 Å². The zero-order valence-corrected chi connectivity index (χ0v) is 14.2. The Morgan fingerprint density at radius 1 is 1.31 bits per heavy atom. The maximum absolute atomic E-state index is 13.6. The van der Waals surface area contributed by atoms with Crippen LogP contribution in [0.15, 0.2) is 28.2 Å². The second kappa shape index (κ2) is 5.87. The molecule has 0 unspecified atom stereocenters. The molecule has 0 atom stereocenters. The van der Waals surface area contributed by atoms with Gasteiger partial charge in [0.05, 0.1) is 12.1 Å². The Labute approximate surface area is 148 Å². The number of aromatic nitrogens is 1. The molecule has 0 saturated carbocycles. The van der Waals surface area contributed by atoms with Crippen molar-refractivity contribution in [2.45, 2.75) is 13.8 Å². The predicted molar refractivity (Wildman–Crippen MR) is 98.3 cm³/mol. The van der Waals surface area contributed by atoms with Crippen molar-refractivity contribution >= 4 is 41.1 Å². The zero-order chi connectivity index (χ0) is 18.4. The summed E-state index contributed by atoms with van der Waals surface area (Å²) in [6, 6.07) is 4.14. The Morgan fingerprint density at radius 3 is 2.85 bits per heavy atom. The van der Waals surface area contributed by atoms with Gasteiger partial charge in [-0.05, 0) is 43.7 Å². The van der Waals surface area contributed by atoms with Gasteiger partial charge in [0.1, 0.15) is 5.82 Å². The topological polar surface area (TPSA) is 86.7 Å². The SMILES string of the molecule is Cc1[nH]c(/C=C2\C(=O)Nc3ccc(F)cc32)c(C)c1C(=O)C1=NCC=N1. The highest BCUT2D eigenvalue weighted by atomic mass is 19.1. The summed E-state index contributed by atoms with van der Waals surface area (Å²) in [5.41, 5.74) is 3.89. The summed E-state index contributed by atoms with van der Waals surface area (Å²) in [5.74, 6) is -0.800. The first-order valence-electron chi connectivity index (χ1n) is 8.09. The summed E-state index contributed by atoms with van der Waals surface area (Å²) < 4.78 is 13.6. The number of carbonyl (C=O) groups excluding carboxylic acids is 2. The van der Waals surface area contributed by atoms with E-state index in [1.807, 2.05) is 0 Å². The van der Waals surface area contributed by atoms with Gasteiger partial charge in [-0.1, -0.05) is 0 Å². The van der Waals surface area contributed by atoms with Gasteiger partial charge in [0.2, 0.25) is 5.78 Å². The minimum atomic E-state index is -0.418. The Morgan fingerprint density at radius 2 is 2.12 bits per heavy atom. The van der Waals surface area contributed by atoms with Crippen LogP contribution in [0.3, 0.4) is 0 Å². The molecule has 0 fully saturated rings. The number of aliphatic imine (C=N–C) groups is 2. The number of nitrogens with one attached hydrogen (secondary N) is 2. The number of halogens is 1. The highest BCUT2D eigenvalue weighted by Gasteiger charge is 2.27. The molecule has 0 spiro atoms. The summed E-state index contributed by atoms with van der Waals surface area (Å²) in [5, 5.41) is 2.71. The lowest BCUT2D eigenvalue weighted by Crippen LogP contribution is -2.12. The number of hydrogen-bond acceptors (Lipinski definition) is 4. The largest absolute Gasteiger partial charge is 0.358 e. The van der Waals surface area contributed by atoms with Gasteiger partial charge in [-0.15, -0.1) is 0 Å². The van der Waals surface area contributed by atoms with Crippen LogP contribution in [-0.4, -0.2) is 35.3 Å². The lowest BCUT2D eigenvalue weighted by Gasteiger charge is -2.00. The lowest BCUT2D eigenvalue weighted by atomic mass is 10.0. The molecule has 1 aromatic carbocycles. The Hall–Kier alpha value is -3.35. The van der Waals surface area contributed by atoms with Crippen molar-refractivity contribution in [3.8, 4) is 0 Å². The summed E-state index contributed by atoms with van der Waals surface area (Å²) in [6.07, 6.45) is 3.22. The summed E-state index contributed by atoms with van der Waals surface area (Å²) >= 11 is 0. The zero-order valence-electron chi connectivity index (χ0n) is 14.2. The van der Waals surface area contributed by atoms with E-state index in [0.717, 1.165) is 0 Å². The van der Waals surface area contributed by atoms with Gasteiger partial charge in [0, 0.05) is 34.4 Å². The fourth-order valence-corrected chi connectivity index (χ4v) is 3.24. The van der Waals surface area contributed by atoms with E-state index in [-0.39, 0.29) is 17.5 Å². The van der Waals surface area contributed by atoms with E-state index in [9.17, 15) is 14.0 Å². The molecule has 1 amide bonds. The average molecular weight is 350 g/mol. The first-order valence-corrected chi connectivity index (χ1v) is 8.09. The number of anilines is 1. The number of H-pyrrole nitrogens is 1. The molecule has 2 aromatic rings. The molecule has 0 saturated heterocycles. The Balaban J connectivity index is 1.79. The number of rotatable bonds is 3. The number of aryl methyl sites for hydroxylation is 1. The van der Waals surface area contributed by atoms with Gasteiger partial charge < -0.3 is 10.3 Å². The van der Waals surface area contributed by atoms with Crippen LogP contribution in [0.25, 0.3) is 11.6 Å². The Kier molecular flexibility index (Phi) is 3.64. The van der Waals surface area contributed by atoms with E-state index < -0.39 is 5.82 Å². The fraction of sp³-hybridized carbons (Fsp3) is 0.158. The maximum atomic E-state index is 13.6. The van der Waals surface area contributed by atoms with Crippen LogP contribution in [0.2, 0.25) is 0 Å². The molecule has 2 N–H and O–H groups in total. The number of amides is 1. The van der Waals surface area contributed by atoms with Crippen LogP contribution >= 0.6 is 0 Å². The number of hydrogen-bond donors (Lipinski definition) is 2. The van der Waals surface area contributed by atoms with Gasteiger partial charge >= 0.3 is 0 Å². The summed E-state index contributed by atoms with van der Waals surface area (Å²) in [6.45, 7) is 3.98. The van der Waals surface area contributed by atoms with Crippen molar-refractivity contribution in [1.29, 1.82) is 0 Å². The van der Waals surface area contributed by atoms with E-state index in [1.54, 1.807) is 26.1 Å². The van der Waals surface area contributed by atoms with Crippen LogP contribution < -0.4 is 5.32 Å². The van der Waals surface area contributed by atoms with Crippen LogP contribution in [0.4, 0.5) is 10.1 Å². The third kappa shape index (κ3) is 2.48. The van der Waals surface area contributed by atoms with Gasteiger partial charge in [-0.2, -0.15) is 0 Å². The summed E-state index contributed by atoms with van der Waals surface area (Å²) in [7, 11) is 0. The third-order valence-corrected chi connectivity index (χ3v) is 4.50. The van der Waals surface area contributed by atoms with Crippen molar-refractivity contribution in [2.24, 2.45) is 9.98 Å². The fourth-order valence-electron chi connectivity index (χ4n) is 3.24. The number of amidine groups is 1. The highest BCUT2D eigenvalue weighted by molar-refractivity contribution is 6.47. The second-order valence-electron chi connectivity index (χ2n) is 6.17. The molecule has 0 bridgehead atoms. The number of fused-ring (bicyclic) bond motifs is 1. The van der Waals surface area contributed by atoms with Crippen molar-refractivity contribution in [2.75, 3.05) is 11.9 Å². The molecule has 0 aliphatic carbocycles. The molecular weight excluding hydrogens is 335 g/mol. The molecule has 130 valence electrons. The lowest BCUT2D eigenvalue weighted by molar-refractivity contribution is -0.110. The Bertz CT molecular complexity index is 1060. The molecule has 1 aromatic heterocycles. The van der Waals surface area contributed by atoms with Crippen LogP contribution in [0, 0.1) is 19.7 Å². The van der Waals surface area contributed by atoms with Gasteiger partial charge in [0.15, 0.2) is 5.84 Å². The molecule has 7 heteroatoms. The van der Waals surface area contributed by atoms with Crippen molar-refractivity contribution in [1.82, 2.24) is 4.98 Å². The van der Waals surface area contributed by atoms with E-state index in [2.05, 4.69) is 20.3 Å². The van der Waals surface area contributed by atoms with Gasteiger partial charge in [-0.25, -0.2) is 9.38 Å². The molecule has 26 heavy (non-hydrogen) atoms. The van der Waals surface area contributed by atoms with E-state index >= 15 is 0 Å². The number of carbonyl (C=O) groups is 2. The normalized spacial score (nSPS) is 16.8. The maximum Gasteiger partial charge on any atom is 0.256 e. The molecule has 6 nitrogen and oxygen atoms in total. The summed E-state index contributed by atoms with van der Waals surface area (Å²) in [4.78, 5) is 36.1. The minimum Gasteiger partial charge on any atom is -0.358 e. The first-order chi connectivity index (χ1) is 12.5. The van der Waals surface area contributed by atoms with Crippen LogP contribution in [-0.2, 0) is 4.79 Å². The number of aromatic amines is 1. The number of Topliss-reactive ketones (excluding diaryl/α,β-unsaturated/α-hetero) is 1. The number of ketones is 1. The third-order valence-electron chi connectivity index (χ3n) is 4.50. The van der Waals surface area contributed by atoms with Crippen LogP contribution in [0.5, 0.6) is 0 Å². The van der Waals surface area contributed by atoms with E-state index in [0.29, 0.717) is 45.9 Å². The van der Waals surface area contributed by atoms with Crippen molar-refractivity contribution in [3.63, 3.8) is 0 Å². The monoisotopic (exact) mass is 350 g/mol. The van der Waals surface area contributed by atoms with Gasteiger partial charge in [-0.3, -0.25) is 14.6 Å². The predicted octanol–water partition coefficient (Wildman–Crippen LogP) is 2.93. The average Bonchev–Trinajstić information content (AvgIpc) is 3.29. The number of benzene rings is 1. The highest BCUT2D eigenvalue weighted by Crippen LogP contribution is 2.34. The number of nitrogens with zero attached hydrogens (tertiary/aromatic N) is 2. The van der Waals surface area contributed by atoms with E-state index in [1.165, 1.54) is 18.2 Å². The standard InChI is InChI=1S/C19H15FN4O2/c1-9-15(23-10(2)16(9)17(25)18-21-5-6-22-18)8-13-12-7-11(20)3-4-14(12)24-19(13)26/h3-5,7-8,23H,6H2,1-2H3,(H,24,26)/b13-8-. The molecule has 0 radical (unpaired) electrons. The smallest absolute Gasteiger partial charge is 0.256 e. The molecule has 2 aliphatic heterocycles. The van der Waals surface area contributed by atoms with E-state index in [4.69, 9.17) is 0 Å². The first kappa shape index (κ1) is 16.1. The molecule has 2 aliphatic rings. The van der Waals surface area contributed by atoms with Crippen LogP contribution in [0.1, 0.15) is 32.9 Å². The van der Waals surface area contributed by atoms with Crippen molar-refractivity contribution in [3.05, 3.63) is 52.1 Å². The van der Waals surface area contributed by atoms with Crippen molar-refractivity contribution < 1.29 is 14.0 Å². The minimum absolute atomic E-state index is 0.181.